The smallest absolute Gasteiger partial charge is 0.550 e. The first-order valence-corrected chi connectivity index (χ1v) is 4.28. The summed E-state index contributed by atoms with van der Waals surface area (Å²) in [6, 6.07) is 0. The van der Waals surface area contributed by atoms with Crippen LogP contribution in [0.1, 0.15) is 12.8 Å². The molecule has 0 aromatic rings. The largest absolute Gasteiger partial charge is 2.00 e. The Labute approximate surface area is 145 Å². The van der Waals surface area contributed by atoms with E-state index in [1.807, 2.05) is 0 Å². The summed E-state index contributed by atoms with van der Waals surface area (Å²) in [4.78, 5) is 39.1. The Morgan fingerprint density at radius 1 is 0.850 bits per heavy atom. The molecule has 0 fully saturated rings. The van der Waals surface area contributed by atoms with Gasteiger partial charge in [0.15, 0.2) is 0 Å². The van der Waals surface area contributed by atoms with E-state index in [1.54, 1.807) is 0 Å². The normalized spacial score (nSPS) is 8.90. The monoisotopic (exact) mass is 311 g/mol. The number of rotatable bonds is 6. The van der Waals surface area contributed by atoms with Gasteiger partial charge in [-0.2, -0.15) is 0 Å². The maximum atomic E-state index is 10.1. The minimum atomic E-state index is -2.97. The molecule has 0 bridgehead atoms. The van der Waals surface area contributed by atoms with Crippen LogP contribution in [0.5, 0.6) is 0 Å². The average molecular weight is 312 g/mol. The fourth-order valence-electron chi connectivity index (χ4n) is 0.684. The predicted octanol–water partition coefficient (Wildman–Crippen LogP) is -8.32. The molecule has 0 aromatic heterocycles. The van der Waals surface area contributed by atoms with Gasteiger partial charge >= 0.3 is 46.1 Å². The molecule has 0 unspecified atom stereocenters. The molecule has 0 aliphatic heterocycles. The Bertz CT molecular complexity index is 331. The summed E-state index contributed by atoms with van der Waals surface area (Å²) in [5, 5.41) is 48.1. The summed E-state index contributed by atoms with van der Waals surface area (Å²) in [7, 11) is 0. The van der Waals surface area contributed by atoms with E-state index in [9.17, 15) is 29.7 Å². The number of carbonyl (C=O) groups excluding carboxylic acids is 4. The second-order valence-electron chi connectivity index (χ2n) is 2.99. The molecule has 0 amide bonds. The van der Waals surface area contributed by atoms with Gasteiger partial charge in [-0.25, -0.2) is 0 Å². The summed E-state index contributed by atoms with van der Waals surface area (Å²) in [5.74, 6) is -7.20. The number of carboxylic acids is 4. The quantitative estimate of drug-likeness (QED) is 0.442. The van der Waals surface area contributed by atoms with E-state index in [4.69, 9.17) is 15.0 Å². The fraction of sp³-hybridized carbons (Fsp3) is 0.500. The fourth-order valence-corrected chi connectivity index (χ4v) is 0.684. The summed E-state index contributed by atoms with van der Waals surface area (Å²) >= 11 is 0. The first kappa shape index (κ1) is 27.6. The minimum absolute atomic E-state index is 0. The molecule has 3 N–H and O–H groups in total. The molecule has 0 atom stereocenters. The first-order valence-electron chi connectivity index (χ1n) is 4.28. The zero-order valence-electron chi connectivity index (χ0n) is 10.3. The molecule has 0 saturated heterocycles. The van der Waals surface area contributed by atoms with Crippen LogP contribution >= 0.6 is 0 Å². The zero-order valence-corrected chi connectivity index (χ0v) is 13.2. The van der Waals surface area contributed by atoms with Crippen LogP contribution in [0.3, 0.4) is 0 Å². The van der Waals surface area contributed by atoms with Crippen molar-refractivity contribution < 1.29 is 44.7 Å². The molecule has 0 heterocycles. The molecule has 0 aromatic carbocycles. The third-order valence-corrected chi connectivity index (χ3v) is 1.42. The van der Waals surface area contributed by atoms with E-state index in [0.717, 1.165) is 0 Å². The summed E-state index contributed by atoms with van der Waals surface area (Å²) in [5.41, 5.74) is 1.53. The molecule has 104 valence electrons. The van der Waals surface area contributed by atoms with E-state index in [2.05, 4.69) is 5.73 Å². The van der Waals surface area contributed by atoms with Crippen molar-refractivity contribution in [2.75, 3.05) is 6.54 Å². The number of hydrogen-bond acceptors (Lipinski definition) is 10. The number of aliphatic hydroxyl groups is 1. The van der Waals surface area contributed by atoms with Gasteiger partial charge in [0, 0.05) is 31.3 Å². The number of carboxylic acid groups (broad SMARTS) is 4. The molecule has 0 rings (SSSR count). The van der Waals surface area contributed by atoms with E-state index in [0.29, 0.717) is 0 Å². The van der Waals surface area contributed by atoms with E-state index < -0.39 is 42.3 Å². The van der Waals surface area contributed by atoms with Gasteiger partial charge in [0.05, 0.1) is 11.9 Å². The molecule has 0 spiro atoms. The van der Waals surface area contributed by atoms with Crippen molar-refractivity contribution in [3.8, 4) is 0 Å². The van der Waals surface area contributed by atoms with Crippen molar-refractivity contribution in [1.82, 2.24) is 0 Å². The average Bonchev–Trinajstić information content (AvgIpc) is 2.15. The van der Waals surface area contributed by atoms with Crippen molar-refractivity contribution in [3.63, 3.8) is 0 Å². The Balaban J connectivity index is -0.000000158. The van der Waals surface area contributed by atoms with Crippen LogP contribution in [-0.2, 0) is 19.2 Å². The molecular formula is C8H9Mg2NO9. The number of hydrogen-bond donors (Lipinski definition) is 2. The van der Waals surface area contributed by atoms with Gasteiger partial charge in [0.2, 0.25) is 0 Å². The van der Waals surface area contributed by atoms with Crippen molar-refractivity contribution in [2.45, 2.75) is 18.4 Å². The molecule has 0 saturated carbocycles. The van der Waals surface area contributed by atoms with Crippen molar-refractivity contribution in [1.29, 1.82) is 0 Å². The third-order valence-electron chi connectivity index (χ3n) is 1.42. The second-order valence-corrected chi connectivity index (χ2v) is 2.99. The molecule has 0 aliphatic rings. The standard InChI is InChI=1S/C6H8O7.C2H5NO2.2Mg/c7-3(8)1-6(13,5(11)12)2-4(9)10;3-1-2(4)5;;/h13H,1-2H2,(H,7,8)(H,9,10)(H,11,12);1,3H2,(H,4,5);;/q;;2*+2/p-4. The number of nitrogens with two attached hydrogens (primary N) is 1. The van der Waals surface area contributed by atoms with E-state index in [-0.39, 0.29) is 52.7 Å². The number of aliphatic carboxylic acids is 4. The van der Waals surface area contributed by atoms with Gasteiger partial charge in [0.25, 0.3) is 0 Å². The predicted molar refractivity (Wildman–Crippen MR) is 54.8 cm³/mol. The summed E-state index contributed by atoms with van der Waals surface area (Å²) in [6.45, 7) is -0.389. The van der Waals surface area contributed by atoms with Crippen molar-refractivity contribution in [2.24, 2.45) is 5.73 Å². The number of carbonyl (C=O) groups is 4. The summed E-state index contributed by atoms with van der Waals surface area (Å²) < 4.78 is 0. The van der Waals surface area contributed by atoms with Crippen LogP contribution < -0.4 is 26.2 Å². The van der Waals surface area contributed by atoms with Crippen molar-refractivity contribution in [3.05, 3.63) is 0 Å². The first-order chi connectivity index (χ1) is 8.05. The molecular weight excluding hydrogens is 303 g/mol. The Kier molecular flexibility index (Phi) is 18.4. The van der Waals surface area contributed by atoms with Crippen LogP contribution in [0.25, 0.3) is 0 Å². The molecule has 12 heteroatoms. The SMILES string of the molecule is NCC(=O)[O-].O=C([O-])CC(O)(CC(=O)[O-])C(=O)[O-].[Mg+2].[Mg+2]. The molecule has 10 nitrogen and oxygen atoms in total. The van der Waals surface area contributed by atoms with Gasteiger partial charge in [-0.3, -0.25) is 0 Å². The van der Waals surface area contributed by atoms with Crippen LogP contribution in [0.4, 0.5) is 0 Å². The Morgan fingerprint density at radius 3 is 1.20 bits per heavy atom. The van der Waals surface area contributed by atoms with Crippen molar-refractivity contribution >= 4 is 70.0 Å². The van der Waals surface area contributed by atoms with Gasteiger partial charge in [-0.15, -0.1) is 0 Å². The Morgan fingerprint density at radius 2 is 1.10 bits per heavy atom. The van der Waals surface area contributed by atoms with Crippen LogP contribution in [0.15, 0.2) is 0 Å². The van der Waals surface area contributed by atoms with Crippen LogP contribution in [0, 0.1) is 0 Å². The second kappa shape index (κ2) is 13.3. The molecule has 20 heavy (non-hydrogen) atoms. The van der Waals surface area contributed by atoms with Crippen LogP contribution in [-0.4, -0.2) is 87.2 Å². The minimum Gasteiger partial charge on any atom is -0.550 e. The van der Waals surface area contributed by atoms with E-state index in [1.165, 1.54) is 0 Å². The van der Waals surface area contributed by atoms with Gasteiger partial charge in [-0.05, 0) is 0 Å². The Hall–Kier alpha value is -0.668. The van der Waals surface area contributed by atoms with Gasteiger partial charge in [0.1, 0.15) is 5.60 Å². The van der Waals surface area contributed by atoms with Gasteiger partial charge < -0.3 is 50.4 Å². The molecule has 0 aliphatic carbocycles. The maximum absolute atomic E-state index is 10.1. The van der Waals surface area contributed by atoms with Gasteiger partial charge in [-0.1, -0.05) is 0 Å². The summed E-state index contributed by atoms with van der Waals surface area (Å²) in [6.07, 6.45) is -2.72. The van der Waals surface area contributed by atoms with E-state index >= 15 is 0 Å². The zero-order chi connectivity index (χ0) is 14.9. The third kappa shape index (κ3) is 15.4. The topological polar surface area (TPSA) is 207 Å². The van der Waals surface area contributed by atoms with Crippen LogP contribution in [0.2, 0.25) is 0 Å². The molecule has 0 radical (unpaired) electrons. The maximum Gasteiger partial charge on any atom is 2.00 e.